The number of likely N-dealkylation sites (tertiary alicyclic amines) is 1. The van der Waals surface area contributed by atoms with Gasteiger partial charge in [-0.1, -0.05) is 29.8 Å². The Morgan fingerprint density at radius 2 is 1.85 bits per heavy atom. The molecule has 1 atom stereocenters. The second-order valence-electron chi connectivity index (χ2n) is 8.51. The van der Waals surface area contributed by atoms with Crippen molar-refractivity contribution >= 4 is 28.4 Å². The molecule has 1 N–H and O–H groups in total. The van der Waals surface area contributed by atoms with Gasteiger partial charge < -0.3 is 14.4 Å². The number of halogens is 1. The average Bonchev–Trinajstić information content (AvgIpc) is 3.51. The number of ether oxygens (including phenoxy) is 2. The number of amides is 1. The fraction of sp³-hybridized carbons (Fsp3) is 0.259. The van der Waals surface area contributed by atoms with Crippen LogP contribution in [0.3, 0.4) is 0 Å². The number of H-pyrrole nitrogens is 1. The number of methoxy groups -OCH3 is 2. The first-order valence-corrected chi connectivity index (χ1v) is 11.7. The normalized spacial score (nSPS) is 15.6. The third-order valence-corrected chi connectivity index (χ3v) is 6.73. The number of carbonyl (C=O) groups is 1. The minimum atomic E-state index is 0.0395. The molecule has 2 heterocycles. The molecule has 0 unspecified atom stereocenters. The average molecular weight is 476 g/mol. The van der Waals surface area contributed by atoms with E-state index in [9.17, 15) is 4.79 Å². The van der Waals surface area contributed by atoms with Crippen molar-refractivity contribution in [3.63, 3.8) is 0 Å². The van der Waals surface area contributed by atoms with E-state index in [2.05, 4.69) is 10.2 Å². The van der Waals surface area contributed by atoms with Crippen molar-refractivity contribution in [2.75, 3.05) is 20.8 Å². The molecule has 1 amide bonds. The zero-order valence-corrected chi connectivity index (χ0v) is 19.9. The summed E-state index contributed by atoms with van der Waals surface area (Å²) in [5, 5.41) is 9.23. The van der Waals surface area contributed by atoms with Gasteiger partial charge in [0.1, 0.15) is 0 Å². The quantitative estimate of drug-likeness (QED) is 0.382. The SMILES string of the molecule is COc1ccc(Cc2[nH]nc3ccc(C(=O)N4CCC[C@H]4c4ccc(Cl)cc4)cc23)cc1OC. The van der Waals surface area contributed by atoms with Crippen LogP contribution in [0, 0.1) is 0 Å². The standard InChI is InChI=1S/C27H26ClN3O3/c1-33-25-12-5-17(15-26(25)34-2)14-23-21-16-19(8-11-22(21)29-30-23)27(32)31-13-3-4-24(31)18-6-9-20(28)10-7-18/h5-12,15-16,24H,3-4,13-14H2,1-2H3,(H,29,30)/t24-/m0/s1. The van der Waals surface area contributed by atoms with Gasteiger partial charge in [0.15, 0.2) is 11.5 Å². The molecule has 1 aliphatic heterocycles. The van der Waals surface area contributed by atoms with E-state index in [1.165, 1.54) is 0 Å². The molecule has 3 aromatic carbocycles. The number of aromatic nitrogens is 2. The minimum absolute atomic E-state index is 0.0395. The molecule has 1 aromatic heterocycles. The zero-order chi connectivity index (χ0) is 23.7. The number of hydrogen-bond donors (Lipinski definition) is 1. The Bertz CT molecular complexity index is 1330. The van der Waals surface area contributed by atoms with Crippen LogP contribution >= 0.6 is 11.6 Å². The number of rotatable bonds is 6. The van der Waals surface area contributed by atoms with Crippen LogP contribution in [0.15, 0.2) is 60.7 Å². The number of carbonyl (C=O) groups excluding carboxylic acids is 1. The summed E-state index contributed by atoms with van der Waals surface area (Å²) in [4.78, 5) is 15.5. The highest BCUT2D eigenvalue weighted by molar-refractivity contribution is 6.30. The molecule has 34 heavy (non-hydrogen) atoms. The van der Waals surface area contributed by atoms with E-state index in [0.717, 1.165) is 47.1 Å². The molecular formula is C27H26ClN3O3. The monoisotopic (exact) mass is 475 g/mol. The molecule has 1 fully saturated rings. The van der Waals surface area contributed by atoms with Crippen LogP contribution in [0.25, 0.3) is 10.9 Å². The largest absolute Gasteiger partial charge is 0.493 e. The summed E-state index contributed by atoms with van der Waals surface area (Å²) in [5.74, 6) is 1.41. The molecule has 6 nitrogen and oxygen atoms in total. The second-order valence-corrected chi connectivity index (χ2v) is 8.94. The lowest BCUT2D eigenvalue weighted by atomic mass is 10.0. The summed E-state index contributed by atoms with van der Waals surface area (Å²) in [6, 6.07) is 19.4. The van der Waals surface area contributed by atoms with Gasteiger partial charge in [0, 0.05) is 34.6 Å². The van der Waals surface area contributed by atoms with E-state index < -0.39 is 0 Å². The van der Waals surface area contributed by atoms with Gasteiger partial charge in [-0.3, -0.25) is 9.89 Å². The van der Waals surface area contributed by atoms with Crippen LogP contribution in [0.2, 0.25) is 5.02 Å². The van der Waals surface area contributed by atoms with Gasteiger partial charge in [-0.2, -0.15) is 5.10 Å². The molecule has 0 bridgehead atoms. The van der Waals surface area contributed by atoms with Crippen molar-refractivity contribution in [1.29, 1.82) is 0 Å². The van der Waals surface area contributed by atoms with Crippen LogP contribution in [0.4, 0.5) is 0 Å². The molecule has 0 radical (unpaired) electrons. The Hall–Kier alpha value is -3.51. The number of benzene rings is 3. The van der Waals surface area contributed by atoms with E-state index >= 15 is 0 Å². The molecule has 0 aliphatic carbocycles. The zero-order valence-electron chi connectivity index (χ0n) is 19.2. The van der Waals surface area contributed by atoms with Crippen LogP contribution < -0.4 is 9.47 Å². The van der Waals surface area contributed by atoms with Gasteiger partial charge in [0.05, 0.1) is 25.8 Å². The second kappa shape index (κ2) is 9.39. The van der Waals surface area contributed by atoms with Gasteiger partial charge in [-0.05, 0) is 66.4 Å². The smallest absolute Gasteiger partial charge is 0.254 e. The van der Waals surface area contributed by atoms with Crippen molar-refractivity contribution in [3.05, 3.63) is 88.1 Å². The summed E-state index contributed by atoms with van der Waals surface area (Å²) >= 11 is 6.06. The van der Waals surface area contributed by atoms with E-state index in [0.29, 0.717) is 28.5 Å². The third-order valence-electron chi connectivity index (χ3n) is 6.48. The lowest BCUT2D eigenvalue weighted by Crippen LogP contribution is -2.30. The van der Waals surface area contributed by atoms with Gasteiger partial charge in [-0.25, -0.2) is 0 Å². The van der Waals surface area contributed by atoms with E-state index in [-0.39, 0.29) is 11.9 Å². The van der Waals surface area contributed by atoms with Gasteiger partial charge in [0.25, 0.3) is 5.91 Å². The Morgan fingerprint density at radius 3 is 2.62 bits per heavy atom. The van der Waals surface area contributed by atoms with Crippen molar-refractivity contribution in [2.45, 2.75) is 25.3 Å². The van der Waals surface area contributed by atoms with Gasteiger partial charge >= 0.3 is 0 Å². The molecule has 1 saturated heterocycles. The molecule has 0 spiro atoms. The predicted octanol–water partition coefficient (Wildman–Crippen LogP) is 5.80. The maximum atomic E-state index is 13.5. The van der Waals surface area contributed by atoms with Gasteiger partial charge in [-0.15, -0.1) is 0 Å². The van der Waals surface area contributed by atoms with Crippen molar-refractivity contribution < 1.29 is 14.3 Å². The third kappa shape index (κ3) is 4.21. The molecule has 5 rings (SSSR count). The summed E-state index contributed by atoms with van der Waals surface area (Å²) in [7, 11) is 3.25. The highest BCUT2D eigenvalue weighted by Gasteiger charge is 2.30. The lowest BCUT2D eigenvalue weighted by molar-refractivity contribution is 0.0736. The van der Waals surface area contributed by atoms with Crippen molar-refractivity contribution in [3.8, 4) is 11.5 Å². The highest BCUT2D eigenvalue weighted by Crippen LogP contribution is 2.34. The Kier molecular flexibility index (Phi) is 6.16. The Balaban J connectivity index is 1.42. The topological polar surface area (TPSA) is 67.5 Å². The Labute approximate surface area is 203 Å². The minimum Gasteiger partial charge on any atom is -0.493 e. The maximum Gasteiger partial charge on any atom is 0.254 e. The fourth-order valence-electron chi connectivity index (χ4n) is 4.73. The molecule has 4 aromatic rings. The fourth-order valence-corrected chi connectivity index (χ4v) is 4.86. The lowest BCUT2D eigenvalue weighted by Gasteiger charge is -2.25. The summed E-state index contributed by atoms with van der Waals surface area (Å²) in [6.45, 7) is 0.744. The van der Waals surface area contributed by atoms with Crippen LogP contribution in [0.1, 0.15) is 46.1 Å². The van der Waals surface area contributed by atoms with E-state index in [1.54, 1.807) is 14.2 Å². The van der Waals surface area contributed by atoms with Crippen LogP contribution in [-0.4, -0.2) is 41.8 Å². The van der Waals surface area contributed by atoms with Crippen LogP contribution in [-0.2, 0) is 6.42 Å². The summed E-state index contributed by atoms with van der Waals surface area (Å²) in [5.41, 5.74) is 4.63. The first-order valence-electron chi connectivity index (χ1n) is 11.3. The first-order chi connectivity index (χ1) is 16.6. The van der Waals surface area contributed by atoms with Crippen molar-refractivity contribution in [1.82, 2.24) is 15.1 Å². The Morgan fingerprint density at radius 1 is 1.06 bits per heavy atom. The van der Waals surface area contributed by atoms with E-state index in [4.69, 9.17) is 21.1 Å². The number of aromatic amines is 1. The number of nitrogens with one attached hydrogen (secondary N) is 1. The summed E-state index contributed by atoms with van der Waals surface area (Å²) < 4.78 is 10.8. The molecular weight excluding hydrogens is 450 g/mol. The molecule has 0 saturated carbocycles. The van der Waals surface area contributed by atoms with Crippen molar-refractivity contribution in [2.24, 2.45) is 0 Å². The highest BCUT2D eigenvalue weighted by atomic mass is 35.5. The predicted molar refractivity (Wildman–Crippen MR) is 133 cm³/mol. The maximum absolute atomic E-state index is 13.5. The van der Waals surface area contributed by atoms with Crippen LogP contribution in [0.5, 0.6) is 11.5 Å². The number of nitrogens with zero attached hydrogens (tertiary/aromatic N) is 2. The number of fused-ring (bicyclic) bond motifs is 1. The first kappa shape index (κ1) is 22.3. The summed E-state index contributed by atoms with van der Waals surface area (Å²) in [6.07, 6.45) is 2.56. The van der Waals surface area contributed by atoms with E-state index in [1.807, 2.05) is 65.6 Å². The number of hydrogen-bond acceptors (Lipinski definition) is 4. The molecule has 174 valence electrons. The molecule has 1 aliphatic rings. The van der Waals surface area contributed by atoms with Gasteiger partial charge in [0.2, 0.25) is 0 Å². The molecule has 7 heteroatoms.